The van der Waals surface area contributed by atoms with Crippen molar-refractivity contribution in [2.24, 2.45) is 0 Å². The van der Waals surface area contributed by atoms with Crippen molar-refractivity contribution in [1.82, 2.24) is 4.90 Å². The lowest BCUT2D eigenvalue weighted by atomic mass is 10.00. The van der Waals surface area contributed by atoms with E-state index in [0.29, 0.717) is 12.8 Å². The smallest absolute Gasteiger partial charge is 0.223 e. The second-order valence-corrected chi connectivity index (χ2v) is 6.56. The number of amides is 1. The Hall–Kier alpha value is -2.00. The van der Waals surface area contributed by atoms with Crippen LogP contribution in [0.4, 0.5) is 5.69 Å². The fraction of sp³-hybridized carbons (Fsp3) is 0.381. The first-order valence-corrected chi connectivity index (χ1v) is 8.93. The van der Waals surface area contributed by atoms with Gasteiger partial charge in [0.2, 0.25) is 5.91 Å². The average molecular weight is 359 g/mol. The number of hydrogen-bond acceptors (Lipinski definition) is 2. The molecule has 1 heterocycles. The molecular weight excluding hydrogens is 332 g/mol. The van der Waals surface area contributed by atoms with Gasteiger partial charge in [-0.2, -0.15) is 0 Å². The first kappa shape index (κ1) is 19.3. The summed E-state index contributed by atoms with van der Waals surface area (Å²) in [5, 5.41) is 0. The summed E-state index contributed by atoms with van der Waals surface area (Å²) < 4.78 is 0. The van der Waals surface area contributed by atoms with E-state index >= 15 is 0 Å². The highest BCUT2D eigenvalue weighted by Gasteiger charge is 2.26. The van der Waals surface area contributed by atoms with Crippen LogP contribution in [0.15, 0.2) is 54.6 Å². The zero-order valence-electron chi connectivity index (χ0n) is 14.6. The highest BCUT2D eigenvalue weighted by molar-refractivity contribution is 5.85. The maximum atomic E-state index is 12.9. The molecule has 0 spiro atoms. The van der Waals surface area contributed by atoms with Crippen molar-refractivity contribution in [3.05, 3.63) is 65.7 Å². The summed E-state index contributed by atoms with van der Waals surface area (Å²) in [5.41, 5.74) is 9.11. The van der Waals surface area contributed by atoms with Crippen LogP contribution in [0.3, 0.4) is 0 Å². The maximum Gasteiger partial charge on any atom is 0.223 e. The Kier molecular flexibility index (Phi) is 7.32. The van der Waals surface area contributed by atoms with Crippen molar-refractivity contribution in [2.75, 3.05) is 12.3 Å². The lowest BCUT2D eigenvalue weighted by molar-refractivity contribution is -0.133. The minimum atomic E-state index is 0. The number of anilines is 1. The lowest BCUT2D eigenvalue weighted by Crippen LogP contribution is -2.35. The molecule has 4 heteroatoms. The van der Waals surface area contributed by atoms with Crippen LogP contribution >= 0.6 is 12.4 Å². The van der Waals surface area contributed by atoms with Gasteiger partial charge in [-0.1, -0.05) is 61.4 Å². The van der Waals surface area contributed by atoms with Crippen LogP contribution in [-0.2, 0) is 11.2 Å². The van der Waals surface area contributed by atoms with Crippen LogP contribution in [0.2, 0.25) is 0 Å². The number of hydrogen-bond donors (Lipinski definition) is 1. The summed E-state index contributed by atoms with van der Waals surface area (Å²) in [6, 6.07) is 18.5. The van der Waals surface area contributed by atoms with Gasteiger partial charge < -0.3 is 10.6 Å². The quantitative estimate of drug-likeness (QED) is 0.800. The Bertz CT molecular complexity index is 675. The van der Waals surface area contributed by atoms with Crippen LogP contribution < -0.4 is 5.73 Å². The standard InChI is InChI=1S/C21H26N2O.ClH/c22-19-12-7-6-9-17(19)14-15-21(24)23-16-8-2-5-13-20(23)18-10-3-1-4-11-18;/h1,3-4,6-7,9-12,20H,2,5,8,13-16,22H2;1H. The summed E-state index contributed by atoms with van der Waals surface area (Å²) in [6.45, 7) is 0.864. The van der Waals surface area contributed by atoms with Gasteiger partial charge in [-0.05, 0) is 36.5 Å². The number of carbonyl (C=O) groups is 1. The van der Waals surface area contributed by atoms with Gasteiger partial charge in [0.25, 0.3) is 0 Å². The van der Waals surface area contributed by atoms with Gasteiger partial charge in [0, 0.05) is 18.7 Å². The van der Waals surface area contributed by atoms with E-state index in [1.807, 2.05) is 30.3 Å². The molecular formula is C21H27ClN2O. The van der Waals surface area contributed by atoms with E-state index in [-0.39, 0.29) is 24.4 Å². The van der Waals surface area contributed by atoms with Crippen LogP contribution in [0.5, 0.6) is 0 Å². The van der Waals surface area contributed by atoms with Crippen molar-refractivity contribution >= 4 is 24.0 Å². The van der Waals surface area contributed by atoms with Gasteiger partial charge in [-0.15, -0.1) is 12.4 Å². The molecule has 1 amide bonds. The number of halogens is 1. The molecule has 2 aromatic rings. The molecule has 3 nitrogen and oxygen atoms in total. The number of nitrogen functional groups attached to an aromatic ring is 1. The monoisotopic (exact) mass is 358 g/mol. The van der Waals surface area contributed by atoms with Crippen molar-refractivity contribution in [2.45, 2.75) is 44.6 Å². The third-order valence-corrected chi connectivity index (χ3v) is 4.92. The van der Waals surface area contributed by atoms with E-state index in [9.17, 15) is 4.79 Å². The second-order valence-electron chi connectivity index (χ2n) is 6.56. The highest BCUT2D eigenvalue weighted by atomic mass is 35.5. The number of nitrogens with two attached hydrogens (primary N) is 1. The van der Waals surface area contributed by atoms with E-state index < -0.39 is 0 Å². The molecule has 25 heavy (non-hydrogen) atoms. The number of aryl methyl sites for hydroxylation is 1. The maximum absolute atomic E-state index is 12.9. The summed E-state index contributed by atoms with van der Waals surface area (Å²) in [5.74, 6) is 0.244. The van der Waals surface area contributed by atoms with Gasteiger partial charge in [0.1, 0.15) is 0 Å². The summed E-state index contributed by atoms with van der Waals surface area (Å²) in [6.07, 6.45) is 5.79. The molecule has 1 aliphatic rings. The topological polar surface area (TPSA) is 46.3 Å². The molecule has 1 fully saturated rings. The van der Waals surface area contributed by atoms with Gasteiger partial charge >= 0.3 is 0 Å². The van der Waals surface area contributed by atoms with Gasteiger partial charge in [0.15, 0.2) is 0 Å². The Morgan fingerprint density at radius 2 is 1.72 bits per heavy atom. The Morgan fingerprint density at radius 1 is 1.00 bits per heavy atom. The van der Waals surface area contributed by atoms with Crippen LogP contribution in [0, 0.1) is 0 Å². The third-order valence-electron chi connectivity index (χ3n) is 4.92. The molecule has 1 saturated heterocycles. The molecule has 1 aliphatic heterocycles. The highest BCUT2D eigenvalue weighted by Crippen LogP contribution is 2.30. The van der Waals surface area contributed by atoms with Crippen molar-refractivity contribution < 1.29 is 4.79 Å². The lowest BCUT2D eigenvalue weighted by Gasteiger charge is -2.30. The van der Waals surface area contributed by atoms with Gasteiger partial charge in [-0.3, -0.25) is 4.79 Å². The predicted molar refractivity (Wildman–Crippen MR) is 106 cm³/mol. The molecule has 2 N–H and O–H groups in total. The molecule has 3 rings (SSSR count). The number of carbonyl (C=O) groups excluding carboxylic acids is 1. The number of para-hydroxylation sites is 1. The molecule has 0 aromatic heterocycles. The first-order valence-electron chi connectivity index (χ1n) is 8.93. The minimum Gasteiger partial charge on any atom is -0.399 e. The first-order chi connectivity index (χ1) is 11.8. The SMILES string of the molecule is Cl.Nc1ccccc1CCC(=O)N1CCCCCC1c1ccccc1. The fourth-order valence-electron chi connectivity index (χ4n) is 3.58. The molecule has 2 aromatic carbocycles. The van der Waals surface area contributed by atoms with Crippen molar-refractivity contribution in [3.8, 4) is 0 Å². The van der Waals surface area contributed by atoms with E-state index in [1.165, 1.54) is 18.4 Å². The van der Waals surface area contributed by atoms with E-state index in [0.717, 1.165) is 30.6 Å². The minimum absolute atomic E-state index is 0. The van der Waals surface area contributed by atoms with E-state index in [2.05, 4.69) is 29.2 Å². The average Bonchev–Trinajstić information content (AvgIpc) is 2.87. The van der Waals surface area contributed by atoms with E-state index in [4.69, 9.17) is 5.73 Å². The van der Waals surface area contributed by atoms with Crippen LogP contribution in [-0.4, -0.2) is 17.4 Å². The Balaban J connectivity index is 0.00000225. The molecule has 0 radical (unpaired) electrons. The molecule has 0 saturated carbocycles. The largest absolute Gasteiger partial charge is 0.399 e. The Morgan fingerprint density at radius 3 is 2.48 bits per heavy atom. The molecule has 0 bridgehead atoms. The molecule has 1 unspecified atom stereocenters. The van der Waals surface area contributed by atoms with E-state index in [1.54, 1.807) is 0 Å². The number of benzene rings is 2. The normalized spacial score (nSPS) is 17.4. The molecule has 1 atom stereocenters. The second kappa shape index (κ2) is 9.47. The number of likely N-dealkylation sites (tertiary alicyclic amines) is 1. The van der Waals surface area contributed by atoms with Crippen LogP contribution in [0.25, 0.3) is 0 Å². The number of rotatable bonds is 4. The zero-order chi connectivity index (χ0) is 16.8. The van der Waals surface area contributed by atoms with Crippen molar-refractivity contribution in [1.29, 1.82) is 0 Å². The van der Waals surface area contributed by atoms with Crippen molar-refractivity contribution in [3.63, 3.8) is 0 Å². The summed E-state index contributed by atoms with van der Waals surface area (Å²) in [7, 11) is 0. The molecule has 134 valence electrons. The summed E-state index contributed by atoms with van der Waals surface area (Å²) >= 11 is 0. The Labute approximate surface area is 156 Å². The zero-order valence-corrected chi connectivity index (χ0v) is 15.4. The number of nitrogens with zero attached hydrogens (tertiary/aromatic N) is 1. The van der Waals surface area contributed by atoms with Crippen LogP contribution in [0.1, 0.15) is 49.3 Å². The predicted octanol–water partition coefficient (Wildman–Crippen LogP) is 4.77. The third kappa shape index (κ3) is 4.99. The summed E-state index contributed by atoms with van der Waals surface area (Å²) in [4.78, 5) is 15.0. The van der Waals surface area contributed by atoms with Gasteiger partial charge in [-0.25, -0.2) is 0 Å². The fourth-order valence-corrected chi connectivity index (χ4v) is 3.58. The van der Waals surface area contributed by atoms with Gasteiger partial charge in [0.05, 0.1) is 6.04 Å². The molecule has 0 aliphatic carbocycles.